The van der Waals surface area contributed by atoms with Crippen LogP contribution in [-0.4, -0.2) is 9.55 Å². The number of hydrogen-bond donors (Lipinski definition) is 0. The molecule has 2 nitrogen and oxygen atoms in total. The lowest BCUT2D eigenvalue weighted by molar-refractivity contribution is 0.756. The lowest BCUT2D eigenvalue weighted by atomic mass is 10.1. The highest BCUT2D eigenvalue weighted by molar-refractivity contribution is 7.99. The van der Waals surface area contributed by atoms with Gasteiger partial charge in [0.2, 0.25) is 0 Å². The van der Waals surface area contributed by atoms with Gasteiger partial charge in [-0.15, -0.1) is 11.8 Å². The first-order valence-electron chi connectivity index (χ1n) is 10.6. The van der Waals surface area contributed by atoms with E-state index >= 15 is 0 Å². The van der Waals surface area contributed by atoms with Gasteiger partial charge in [-0.1, -0.05) is 90.5 Å². The van der Waals surface area contributed by atoms with Crippen LogP contribution < -0.4 is 0 Å². The van der Waals surface area contributed by atoms with Crippen molar-refractivity contribution in [1.29, 1.82) is 0 Å². The number of nitrogens with zero attached hydrogens (tertiary/aromatic N) is 2. The van der Waals surface area contributed by atoms with Crippen LogP contribution in [0.1, 0.15) is 27.8 Å². The lowest BCUT2D eigenvalue weighted by Crippen LogP contribution is -2.09. The summed E-state index contributed by atoms with van der Waals surface area (Å²) in [6.07, 6.45) is 0. The standard InChI is InChI=1S/C28H24N2S/c1-21-16-18-22(19-17-21)20-30-26-15-9-8-14-25(26)29-28(30)27(23-10-4-2-5-11-23)31-24-12-6-3-7-13-24/h2-19,27H,20H2,1H3. The predicted molar refractivity (Wildman–Crippen MR) is 131 cm³/mol. The second kappa shape index (κ2) is 8.83. The maximum absolute atomic E-state index is 5.14. The Morgan fingerprint density at radius 1 is 0.742 bits per heavy atom. The topological polar surface area (TPSA) is 17.8 Å². The summed E-state index contributed by atoms with van der Waals surface area (Å²) in [5.41, 5.74) is 6.04. The predicted octanol–water partition coefficient (Wildman–Crippen LogP) is 7.27. The molecule has 0 fully saturated rings. The minimum atomic E-state index is 0.0986. The second-order valence-corrected chi connectivity index (χ2v) is 8.93. The largest absolute Gasteiger partial charge is 0.322 e. The van der Waals surface area contributed by atoms with Gasteiger partial charge in [0.1, 0.15) is 5.82 Å². The Bertz CT molecular complexity index is 1280. The van der Waals surface area contributed by atoms with Crippen molar-refractivity contribution in [3.05, 3.63) is 132 Å². The minimum Gasteiger partial charge on any atom is -0.322 e. The summed E-state index contributed by atoms with van der Waals surface area (Å²) >= 11 is 1.85. The van der Waals surface area contributed by atoms with Gasteiger partial charge in [-0.25, -0.2) is 4.98 Å². The summed E-state index contributed by atoms with van der Waals surface area (Å²) in [6.45, 7) is 2.93. The second-order valence-electron chi connectivity index (χ2n) is 7.75. The van der Waals surface area contributed by atoms with E-state index in [-0.39, 0.29) is 5.25 Å². The SMILES string of the molecule is Cc1ccc(Cn2c(C(Sc3ccccc3)c3ccccc3)nc3ccccc32)cc1. The zero-order valence-electron chi connectivity index (χ0n) is 17.5. The highest BCUT2D eigenvalue weighted by atomic mass is 32.2. The van der Waals surface area contributed by atoms with Crippen molar-refractivity contribution in [2.75, 3.05) is 0 Å². The van der Waals surface area contributed by atoms with Gasteiger partial charge < -0.3 is 4.57 Å². The van der Waals surface area contributed by atoms with Gasteiger partial charge in [0.15, 0.2) is 0 Å². The molecule has 152 valence electrons. The number of benzene rings is 4. The molecule has 1 unspecified atom stereocenters. The van der Waals surface area contributed by atoms with Crippen molar-refractivity contribution in [3.8, 4) is 0 Å². The Labute approximate surface area is 187 Å². The fourth-order valence-electron chi connectivity index (χ4n) is 3.87. The first-order valence-corrected chi connectivity index (χ1v) is 11.4. The zero-order chi connectivity index (χ0) is 21.0. The number of hydrogen-bond acceptors (Lipinski definition) is 2. The van der Waals surface area contributed by atoms with Crippen LogP contribution in [0.4, 0.5) is 0 Å². The molecule has 1 heterocycles. The summed E-state index contributed by atoms with van der Waals surface area (Å²) in [4.78, 5) is 6.38. The monoisotopic (exact) mass is 420 g/mol. The molecule has 0 saturated carbocycles. The molecule has 0 spiro atoms. The van der Waals surface area contributed by atoms with Gasteiger partial charge in [-0.2, -0.15) is 0 Å². The third-order valence-corrected chi connectivity index (χ3v) is 6.74. The van der Waals surface area contributed by atoms with E-state index in [9.17, 15) is 0 Å². The highest BCUT2D eigenvalue weighted by Gasteiger charge is 2.23. The van der Waals surface area contributed by atoms with Crippen molar-refractivity contribution in [3.63, 3.8) is 0 Å². The molecule has 5 aromatic rings. The van der Waals surface area contributed by atoms with Crippen molar-refractivity contribution in [2.24, 2.45) is 0 Å². The molecule has 0 aliphatic carbocycles. The third-order valence-electron chi connectivity index (χ3n) is 5.48. The number of fused-ring (bicyclic) bond motifs is 1. The lowest BCUT2D eigenvalue weighted by Gasteiger charge is -2.19. The summed E-state index contributed by atoms with van der Waals surface area (Å²) in [5, 5.41) is 0.0986. The van der Waals surface area contributed by atoms with Gasteiger partial charge in [0.25, 0.3) is 0 Å². The van der Waals surface area contributed by atoms with Crippen LogP contribution in [0.3, 0.4) is 0 Å². The molecule has 0 N–H and O–H groups in total. The summed E-state index contributed by atoms with van der Waals surface area (Å²) in [5.74, 6) is 1.09. The molecule has 0 saturated heterocycles. The Morgan fingerprint density at radius 3 is 2.13 bits per heavy atom. The van der Waals surface area contributed by atoms with Gasteiger partial charge in [0, 0.05) is 11.4 Å². The van der Waals surface area contributed by atoms with Crippen molar-refractivity contribution in [1.82, 2.24) is 9.55 Å². The molecule has 3 heteroatoms. The van der Waals surface area contributed by atoms with Crippen molar-refractivity contribution in [2.45, 2.75) is 23.6 Å². The van der Waals surface area contributed by atoms with E-state index in [1.54, 1.807) is 0 Å². The Balaban J connectivity index is 1.65. The Kier molecular flexibility index (Phi) is 5.59. The van der Waals surface area contributed by atoms with Crippen molar-refractivity contribution < 1.29 is 0 Å². The Morgan fingerprint density at radius 2 is 1.39 bits per heavy atom. The third kappa shape index (κ3) is 4.28. The average molecular weight is 421 g/mol. The van der Waals surface area contributed by atoms with Crippen LogP contribution in [0.15, 0.2) is 114 Å². The summed E-state index contributed by atoms with van der Waals surface area (Å²) < 4.78 is 2.38. The number of para-hydroxylation sites is 2. The van der Waals surface area contributed by atoms with E-state index in [0.29, 0.717) is 0 Å². The molecule has 1 aromatic heterocycles. The fourth-order valence-corrected chi connectivity index (χ4v) is 5.03. The molecule has 31 heavy (non-hydrogen) atoms. The van der Waals surface area contributed by atoms with Crippen LogP contribution in [0, 0.1) is 6.92 Å². The number of aromatic nitrogens is 2. The Hall–Kier alpha value is -3.30. The van der Waals surface area contributed by atoms with Gasteiger partial charge in [-0.3, -0.25) is 0 Å². The average Bonchev–Trinajstić information content (AvgIpc) is 3.18. The van der Waals surface area contributed by atoms with Gasteiger partial charge >= 0.3 is 0 Å². The molecule has 4 aromatic carbocycles. The molecule has 0 amide bonds. The van der Waals surface area contributed by atoms with E-state index in [1.807, 2.05) is 11.8 Å². The smallest absolute Gasteiger partial charge is 0.128 e. The van der Waals surface area contributed by atoms with E-state index in [0.717, 1.165) is 17.9 Å². The molecule has 5 rings (SSSR count). The molecule has 0 bridgehead atoms. The summed E-state index contributed by atoms with van der Waals surface area (Å²) in [6, 6.07) is 38.6. The fraction of sp³-hybridized carbons (Fsp3) is 0.107. The van der Waals surface area contributed by atoms with Gasteiger partial charge in [0.05, 0.1) is 16.3 Å². The number of imidazole rings is 1. The molecular weight excluding hydrogens is 396 g/mol. The van der Waals surface area contributed by atoms with E-state index < -0.39 is 0 Å². The molecule has 0 radical (unpaired) electrons. The van der Waals surface area contributed by atoms with E-state index in [2.05, 4.69) is 121 Å². The first-order chi connectivity index (χ1) is 15.3. The van der Waals surface area contributed by atoms with E-state index in [1.165, 1.54) is 27.1 Å². The van der Waals surface area contributed by atoms with Crippen LogP contribution >= 0.6 is 11.8 Å². The van der Waals surface area contributed by atoms with Crippen LogP contribution in [0.2, 0.25) is 0 Å². The quantitative estimate of drug-likeness (QED) is 0.269. The van der Waals surface area contributed by atoms with Crippen LogP contribution in [0.25, 0.3) is 11.0 Å². The number of thioether (sulfide) groups is 1. The number of aryl methyl sites for hydroxylation is 1. The maximum Gasteiger partial charge on any atom is 0.128 e. The first kappa shape index (κ1) is 19.7. The normalized spacial score (nSPS) is 12.2. The van der Waals surface area contributed by atoms with E-state index in [4.69, 9.17) is 4.98 Å². The van der Waals surface area contributed by atoms with Crippen LogP contribution in [-0.2, 0) is 6.54 Å². The van der Waals surface area contributed by atoms with Gasteiger partial charge in [-0.05, 0) is 42.3 Å². The highest BCUT2D eigenvalue weighted by Crippen LogP contribution is 2.41. The summed E-state index contributed by atoms with van der Waals surface area (Å²) in [7, 11) is 0. The molecule has 1 atom stereocenters. The number of rotatable bonds is 6. The minimum absolute atomic E-state index is 0.0986. The maximum atomic E-state index is 5.14. The molecule has 0 aliphatic heterocycles. The van der Waals surface area contributed by atoms with Crippen LogP contribution in [0.5, 0.6) is 0 Å². The molecule has 0 aliphatic rings. The zero-order valence-corrected chi connectivity index (χ0v) is 18.3. The van der Waals surface area contributed by atoms with Crippen molar-refractivity contribution >= 4 is 22.8 Å². The molecular formula is C28H24N2S.